The van der Waals surface area contributed by atoms with Crippen LogP contribution in [0.3, 0.4) is 0 Å². The Morgan fingerprint density at radius 3 is 2.43 bits per heavy atom. The molecule has 1 aromatic rings. The van der Waals surface area contributed by atoms with Crippen molar-refractivity contribution in [3.8, 4) is 0 Å². The number of carbonyl (C=O) groups is 2. The highest BCUT2D eigenvalue weighted by molar-refractivity contribution is 6.31. The number of carboxylic acids is 1. The van der Waals surface area contributed by atoms with Crippen LogP contribution >= 0.6 is 11.6 Å². The maximum atomic E-state index is 12.1. The van der Waals surface area contributed by atoms with Crippen LogP contribution < -0.4 is 5.32 Å². The molecule has 0 aliphatic heterocycles. The highest BCUT2D eigenvalue weighted by Crippen LogP contribution is 2.35. The van der Waals surface area contributed by atoms with Gasteiger partial charge in [-0.2, -0.15) is 0 Å². The number of hydrogen-bond acceptors (Lipinski definition) is 2. The van der Waals surface area contributed by atoms with E-state index in [1.165, 1.54) is 0 Å². The van der Waals surface area contributed by atoms with Gasteiger partial charge in [-0.3, -0.25) is 9.59 Å². The van der Waals surface area contributed by atoms with Gasteiger partial charge in [0.25, 0.3) is 0 Å². The zero-order valence-corrected chi connectivity index (χ0v) is 13.0. The van der Waals surface area contributed by atoms with E-state index in [1.54, 1.807) is 0 Å². The lowest BCUT2D eigenvalue weighted by atomic mass is 9.73. The van der Waals surface area contributed by atoms with Crippen molar-refractivity contribution < 1.29 is 14.7 Å². The number of rotatable bonds is 5. The van der Waals surface area contributed by atoms with E-state index in [0.717, 1.165) is 5.56 Å². The van der Waals surface area contributed by atoms with Gasteiger partial charge >= 0.3 is 5.97 Å². The summed E-state index contributed by atoms with van der Waals surface area (Å²) in [7, 11) is 0. The molecule has 1 amide bonds. The SMILES string of the molecule is CC(C)(CNC(=O)C1CCC1C(=O)O)c1ccccc1Cl. The van der Waals surface area contributed by atoms with E-state index in [1.807, 2.05) is 38.1 Å². The second-order valence-corrected chi connectivity index (χ2v) is 6.62. The Labute approximate surface area is 129 Å². The molecule has 1 fully saturated rings. The van der Waals surface area contributed by atoms with Gasteiger partial charge in [0.15, 0.2) is 0 Å². The molecule has 0 saturated heterocycles. The van der Waals surface area contributed by atoms with Gasteiger partial charge in [-0.25, -0.2) is 0 Å². The smallest absolute Gasteiger partial charge is 0.307 e. The lowest BCUT2D eigenvalue weighted by molar-refractivity contribution is -0.152. The topological polar surface area (TPSA) is 66.4 Å². The van der Waals surface area contributed by atoms with E-state index in [4.69, 9.17) is 16.7 Å². The van der Waals surface area contributed by atoms with Gasteiger partial charge in [-0.1, -0.05) is 43.6 Å². The van der Waals surface area contributed by atoms with Crippen molar-refractivity contribution >= 4 is 23.5 Å². The molecule has 1 aromatic carbocycles. The molecule has 5 heteroatoms. The first-order valence-corrected chi connectivity index (χ1v) is 7.46. The van der Waals surface area contributed by atoms with Gasteiger partial charge in [-0.15, -0.1) is 0 Å². The molecule has 0 spiro atoms. The Balaban J connectivity index is 1.97. The first kappa shape index (κ1) is 15.8. The lowest BCUT2D eigenvalue weighted by Crippen LogP contribution is -2.47. The number of nitrogens with one attached hydrogen (secondary N) is 1. The predicted octanol–water partition coefficient (Wildman–Crippen LogP) is 2.84. The molecule has 2 unspecified atom stereocenters. The second kappa shape index (κ2) is 6.06. The molecule has 1 saturated carbocycles. The molecule has 114 valence electrons. The maximum Gasteiger partial charge on any atom is 0.307 e. The van der Waals surface area contributed by atoms with Crippen LogP contribution in [0.1, 0.15) is 32.3 Å². The molecular formula is C16H20ClNO3. The average Bonchev–Trinajstić information content (AvgIpc) is 2.35. The molecule has 0 radical (unpaired) electrons. The van der Waals surface area contributed by atoms with Crippen molar-refractivity contribution in [2.24, 2.45) is 11.8 Å². The van der Waals surface area contributed by atoms with Gasteiger partial charge in [0.2, 0.25) is 5.91 Å². The summed E-state index contributed by atoms with van der Waals surface area (Å²) >= 11 is 6.20. The van der Waals surface area contributed by atoms with E-state index in [9.17, 15) is 9.59 Å². The highest BCUT2D eigenvalue weighted by atomic mass is 35.5. The van der Waals surface area contributed by atoms with E-state index in [-0.39, 0.29) is 11.3 Å². The number of carbonyl (C=O) groups excluding carboxylic acids is 1. The maximum absolute atomic E-state index is 12.1. The van der Waals surface area contributed by atoms with Crippen molar-refractivity contribution in [3.63, 3.8) is 0 Å². The minimum atomic E-state index is -0.883. The molecule has 1 aliphatic carbocycles. The monoisotopic (exact) mass is 309 g/mol. The lowest BCUT2D eigenvalue weighted by Gasteiger charge is -2.34. The molecule has 4 nitrogen and oxygen atoms in total. The third-order valence-electron chi connectivity index (χ3n) is 4.24. The summed E-state index contributed by atoms with van der Waals surface area (Å²) < 4.78 is 0. The molecule has 2 rings (SSSR count). The third kappa shape index (κ3) is 3.38. The summed E-state index contributed by atoms with van der Waals surface area (Å²) in [5.74, 6) is -1.99. The zero-order chi connectivity index (χ0) is 15.6. The Bertz CT molecular complexity index is 556. The zero-order valence-electron chi connectivity index (χ0n) is 12.2. The standard InChI is InChI=1S/C16H20ClNO3/c1-16(2,12-5-3-4-6-13(12)17)9-18-14(19)10-7-8-11(10)15(20)21/h3-6,10-11H,7-9H2,1-2H3,(H,18,19)(H,20,21). The summed E-state index contributed by atoms with van der Waals surface area (Å²) in [5, 5.41) is 12.5. The Hall–Kier alpha value is -1.55. The Morgan fingerprint density at radius 1 is 1.29 bits per heavy atom. The van der Waals surface area contributed by atoms with E-state index in [2.05, 4.69) is 5.32 Å². The van der Waals surface area contributed by atoms with Crippen LogP contribution in [0.25, 0.3) is 0 Å². The molecule has 0 bridgehead atoms. The van der Waals surface area contributed by atoms with Crippen LogP contribution in [-0.2, 0) is 15.0 Å². The number of halogens is 1. The fourth-order valence-electron chi connectivity index (χ4n) is 2.65. The van der Waals surface area contributed by atoms with Gasteiger partial charge in [0.05, 0.1) is 11.8 Å². The number of benzene rings is 1. The summed E-state index contributed by atoms with van der Waals surface area (Å²) in [6, 6.07) is 7.55. The van der Waals surface area contributed by atoms with Crippen LogP contribution in [0.5, 0.6) is 0 Å². The van der Waals surface area contributed by atoms with Crippen molar-refractivity contribution in [2.45, 2.75) is 32.1 Å². The van der Waals surface area contributed by atoms with Crippen molar-refractivity contribution in [1.82, 2.24) is 5.32 Å². The Kier molecular flexibility index (Phi) is 4.57. The first-order chi connectivity index (χ1) is 9.83. The van der Waals surface area contributed by atoms with E-state index < -0.39 is 17.8 Å². The molecule has 0 aromatic heterocycles. The third-order valence-corrected chi connectivity index (χ3v) is 4.57. The van der Waals surface area contributed by atoms with Crippen molar-refractivity contribution in [3.05, 3.63) is 34.9 Å². The largest absolute Gasteiger partial charge is 0.481 e. The van der Waals surface area contributed by atoms with Crippen molar-refractivity contribution in [1.29, 1.82) is 0 Å². The summed E-state index contributed by atoms with van der Waals surface area (Å²) in [6.45, 7) is 4.44. The molecule has 2 N–H and O–H groups in total. The number of hydrogen-bond donors (Lipinski definition) is 2. The minimum absolute atomic E-state index is 0.172. The number of aliphatic carboxylic acids is 1. The fourth-order valence-corrected chi connectivity index (χ4v) is 3.05. The average molecular weight is 310 g/mol. The summed E-state index contributed by atoms with van der Waals surface area (Å²) in [6.07, 6.45) is 1.23. The van der Waals surface area contributed by atoms with E-state index in [0.29, 0.717) is 24.4 Å². The normalized spacial score (nSPS) is 21.5. The fraction of sp³-hybridized carbons (Fsp3) is 0.500. The molecule has 2 atom stereocenters. The molecule has 1 aliphatic rings. The highest BCUT2D eigenvalue weighted by Gasteiger charge is 2.41. The molecular weight excluding hydrogens is 290 g/mol. The van der Waals surface area contributed by atoms with Crippen molar-refractivity contribution in [2.75, 3.05) is 6.54 Å². The predicted molar refractivity (Wildman–Crippen MR) is 81.3 cm³/mol. The Morgan fingerprint density at radius 2 is 1.90 bits per heavy atom. The van der Waals surface area contributed by atoms with Crippen LogP contribution in [0.2, 0.25) is 5.02 Å². The quantitative estimate of drug-likeness (QED) is 0.879. The van der Waals surface area contributed by atoms with Crippen LogP contribution in [0.4, 0.5) is 0 Å². The van der Waals surface area contributed by atoms with Gasteiger partial charge in [0, 0.05) is 17.0 Å². The van der Waals surface area contributed by atoms with Crippen LogP contribution in [0, 0.1) is 11.8 Å². The van der Waals surface area contributed by atoms with Crippen LogP contribution in [-0.4, -0.2) is 23.5 Å². The summed E-state index contributed by atoms with van der Waals surface area (Å²) in [4.78, 5) is 23.1. The second-order valence-electron chi connectivity index (χ2n) is 6.21. The molecule has 21 heavy (non-hydrogen) atoms. The first-order valence-electron chi connectivity index (χ1n) is 7.08. The number of amides is 1. The van der Waals surface area contributed by atoms with Crippen LogP contribution in [0.15, 0.2) is 24.3 Å². The summed E-state index contributed by atoms with van der Waals surface area (Å²) in [5.41, 5.74) is 0.659. The minimum Gasteiger partial charge on any atom is -0.481 e. The van der Waals surface area contributed by atoms with Gasteiger partial charge in [0.1, 0.15) is 0 Å². The van der Waals surface area contributed by atoms with E-state index >= 15 is 0 Å². The van der Waals surface area contributed by atoms with Gasteiger partial charge < -0.3 is 10.4 Å². The number of carboxylic acid groups (broad SMARTS) is 1. The molecule has 0 heterocycles. The van der Waals surface area contributed by atoms with Gasteiger partial charge in [-0.05, 0) is 24.5 Å².